The van der Waals surface area contributed by atoms with Crippen molar-refractivity contribution in [3.05, 3.63) is 0 Å². The molecule has 0 atom stereocenters. The summed E-state index contributed by atoms with van der Waals surface area (Å²) in [6, 6.07) is 0. The predicted octanol–water partition coefficient (Wildman–Crippen LogP) is 2.93. The lowest BCUT2D eigenvalue weighted by atomic mass is 9.72. The second-order valence-electron chi connectivity index (χ2n) is 5.42. The number of carbonyl (C=O) groups is 1. The van der Waals surface area contributed by atoms with E-state index in [1.807, 2.05) is 0 Å². The van der Waals surface area contributed by atoms with Crippen LogP contribution in [0.25, 0.3) is 0 Å². The molecule has 0 aromatic rings. The molecule has 4 nitrogen and oxygen atoms in total. The van der Waals surface area contributed by atoms with Crippen molar-refractivity contribution in [2.45, 2.75) is 46.5 Å². The zero-order valence-corrected chi connectivity index (χ0v) is 10.7. The molecule has 0 radical (unpaired) electrons. The van der Waals surface area contributed by atoms with Gasteiger partial charge in [0.25, 0.3) is 0 Å². The summed E-state index contributed by atoms with van der Waals surface area (Å²) in [6.45, 7) is 6.85. The molecule has 0 unspecified atom stereocenters. The van der Waals surface area contributed by atoms with E-state index < -0.39 is 6.09 Å². The largest absolute Gasteiger partial charge is 0.452 e. The summed E-state index contributed by atoms with van der Waals surface area (Å²) in [4.78, 5) is 10.8. The molecule has 1 aliphatic carbocycles. The van der Waals surface area contributed by atoms with Gasteiger partial charge in [-0.3, -0.25) is 0 Å². The van der Waals surface area contributed by atoms with E-state index in [-0.39, 0.29) is 0 Å². The van der Waals surface area contributed by atoms with Gasteiger partial charge in [-0.15, -0.1) is 0 Å². The lowest BCUT2D eigenvalue weighted by molar-refractivity contribution is 0.171. The summed E-state index contributed by atoms with van der Waals surface area (Å²) < 4.78 is 4.46. The quantitative estimate of drug-likeness (QED) is 0.699. The number of nitrogens with one attached hydrogen (secondary N) is 1. The minimum absolute atomic E-state index is 0.376. The Morgan fingerprint density at radius 3 is 2.38 bits per heavy atom. The van der Waals surface area contributed by atoms with Gasteiger partial charge in [0.2, 0.25) is 0 Å². The Morgan fingerprint density at radius 1 is 1.38 bits per heavy atom. The van der Waals surface area contributed by atoms with Gasteiger partial charge in [-0.05, 0) is 37.0 Å². The number of nitrogens with zero attached hydrogens (tertiary/aromatic N) is 1. The van der Waals surface area contributed by atoms with E-state index in [2.05, 4.69) is 36.0 Å². The van der Waals surface area contributed by atoms with Crippen LogP contribution in [0, 0.1) is 11.3 Å². The molecule has 4 heteroatoms. The van der Waals surface area contributed by atoms with Gasteiger partial charge in [0.05, 0.1) is 7.11 Å². The Hall–Kier alpha value is -1.06. The first-order valence-electron chi connectivity index (χ1n) is 5.83. The van der Waals surface area contributed by atoms with Crippen molar-refractivity contribution < 1.29 is 9.53 Å². The molecule has 1 amide bonds. The van der Waals surface area contributed by atoms with Gasteiger partial charge in [0.1, 0.15) is 0 Å². The Bertz CT molecular complexity index is 269. The standard InChI is InChI=1S/C12H22N2O2/c1-12(2,3)9-5-7-10(8-6-9)13-14-11(15)16-4/h9H,5-8H2,1-4H3,(H,14,15). The molecule has 0 heterocycles. The topological polar surface area (TPSA) is 50.7 Å². The van der Waals surface area contributed by atoms with E-state index in [0.717, 1.165) is 37.3 Å². The van der Waals surface area contributed by atoms with Crippen molar-refractivity contribution in [1.29, 1.82) is 0 Å². The van der Waals surface area contributed by atoms with Crippen LogP contribution in [0.2, 0.25) is 0 Å². The molecular weight excluding hydrogens is 204 g/mol. The highest BCUT2D eigenvalue weighted by atomic mass is 16.5. The molecule has 0 saturated heterocycles. The first-order valence-corrected chi connectivity index (χ1v) is 5.83. The van der Waals surface area contributed by atoms with Crippen molar-refractivity contribution in [3.63, 3.8) is 0 Å². The summed E-state index contributed by atoms with van der Waals surface area (Å²) in [7, 11) is 1.34. The number of hydrogen-bond acceptors (Lipinski definition) is 3. The molecule has 1 aliphatic rings. The zero-order valence-electron chi connectivity index (χ0n) is 10.7. The Kier molecular flexibility index (Phi) is 4.33. The van der Waals surface area contributed by atoms with Crippen LogP contribution in [0.15, 0.2) is 5.10 Å². The molecule has 0 aromatic carbocycles. The minimum Gasteiger partial charge on any atom is -0.452 e. The lowest BCUT2D eigenvalue weighted by Gasteiger charge is -2.34. The molecular formula is C12H22N2O2. The Morgan fingerprint density at radius 2 is 1.94 bits per heavy atom. The predicted molar refractivity (Wildman–Crippen MR) is 64.4 cm³/mol. The van der Waals surface area contributed by atoms with Gasteiger partial charge in [-0.1, -0.05) is 20.8 Å². The Balaban J connectivity index is 2.40. The first-order chi connectivity index (χ1) is 7.43. The molecule has 0 aromatic heterocycles. The third-order valence-electron chi connectivity index (χ3n) is 3.28. The average molecular weight is 226 g/mol. The number of amides is 1. The van der Waals surface area contributed by atoms with Gasteiger partial charge >= 0.3 is 6.09 Å². The van der Waals surface area contributed by atoms with Crippen LogP contribution in [0.1, 0.15) is 46.5 Å². The van der Waals surface area contributed by atoms with E-state index >= 15 is 0 Å². The summed E-state index contributed by atoms with van der Waals surface area (Å²) >= 11 is 0. The van der Waals surface area contributed by atoms with E-state index in [0.29, 0.717) is 5.41 Å². The van der Waals surface area contributed by atoms with Crippen LogP contribution in [-0.2, 0) is 4.74 Å². The molecule has 0 bridgehead atoms. The average Bonchev–Trinajstić information content (AvgIpc) is 2.25. The van der Waals surface area contributed by atoms with Gasteiger partial charge < -0.3 is 4.74 Å². The molecule has 92 valence electrons. The van der Waals surface area contributed by atoms with Crippen LogP contribution < -0.4 is 5.43 Å². The van der Waals surface area contributed by atoms with Crippen molar-refractivity contribution in [2.24, 2.45) is 16.4 Å². The number of methoxy groups -OCH3 is 1. The third-order valence-corrected chi connectivity index (χ3v) is 3.28. The first kappa shape index (κ1) is 13.0. The number of carbonyl (C=O) groups excluding carboxylic acids is 1. The Labute approximate surface area is 97.4 Å². The van der Waals surface area contributed by atoms with Crippen molar-refractivity contribution in [1.82, 2.24) is 5.43 Å². The second-order valence-corrected chi connectivity index (χ2v) is 5.42. The fraction of sp³-hybridized carbons (Fsp3) is 0.833. The second kappa shape index (κ2) is 5.32. The number of hydrogen-bond donors (Lipinski definition) is 1. The van der Waals surface area contributed by atoms with Crippen molar-refractivity contribution in [3.8, 4) is 0 Å². The third kappa shape index (κ3) is 3.83. The van der Waals surface area contributed by atoms with Crippen LogP contribution in [0.3, 0.4) is 0 Å². The van der Waals surface area contributed by atoms with Crippen molar-refractivity contribution in [2.75, 3.05) is 7.11 Å². The van der Waals surface area contributed by atoms with Crippen molar-refractivity contribution >= 4 is 11.8 Å². The molecule has 1 fully saturated rings. The number of ether oxygens (including phenoxy) is 1. The highest BCUT2D eigenvalue weighted by molar-refractivity contribution is 5.86. The number of hydrazone groups is 1. The zero-order chi connectivity index (χ0) is 12.2. The van der Waals surface area contributed by atoms with Crippen LogP contribution in [-0.4, -0.2) is 18.9 Å². The van der Waals surface area contributed by atoms with E-state index in [4.69, 9.17) is 0 Å². The van der Waals surface area contributed by atoms with Gasteiger partial charge in [-0.2, -0.15) is 5.10 Å². The maximum atomic E-state index is 10.8. The highest BCUT2D eigenvalue weighted by Gasteiger charge is 2.28. The van der Waals surface area contributed by atoms with Crippen LogP contribution >= 0.6 is 0 Å². The summed E-state index contributed by atoms with van der Waals surface area (Å²) in [5, 5.41) is 4.06. The fourth-order valence-corrected chi connectivity index (χ4v) is 2.10. The molecule has 1 saturated carbocycles. The number of rotatable bonds is 1. The summed E-state index contributed by atoms with van der Waals surface area (Å²) in [6.07, 6.45) is 3.78. The van der Waals surface area contributed by atoms with Gasteiger partial charge in [-0.25, -0.2) is 10.2 Å². The van der Waals surface area contributed by atoms with E-state index in [1.54, 1.807) is 0 Å². The molecule has 16 heavy (non-hydrogen) atoms. The minimum atomic E-state index is -0.495. The molecule has 0 aliphatic heterocycles. The fourth-order valence-electron chi connectivity index (χ4n) is 2.10. The van der Waals surface area contributed by atoms with Crippen LogP contribution in [0.4, 0.5) is 4.79 Å². The van der Waals surface area contributed by atoms with E-state index in [9.17, 15) is 4.79 Å². The molecule has 1 rings (SSSR count). The monoisotopic (exact) mass is 226 g/mol. The van der Waals surface area contributed by atoms with Gasteiger partial charge in [0, 0.05) is 5.71 Å². The SMILES string of the molecule is COC(=O)NN=C1CCC(C(C)(C)C)CC1. The smallest absolute Gasteiger partial charge is 0.427 e. The summed E-state index contributed by atoms with van der Waals surface area (Å²) in [5.74, 6) is 0.754. The van der Waals surface area contributed by atoms with Crippen LogP contribution in [0.5, 0.6) is 0 Å². The molecule has 0 spiro atoms. The van der Waals surface area contributed by atoms with E-state index in [1.165, 1.54) is 7.11 Å². The highest BCUT2D eigenvalue weighted by Crippen LogP contribution is 2.36. The molecule has 1 N–H and O–H groups in total. The normalized spacial score (nSPS) is 21.5. The van der Waals surface area contributed by atoms with Gasteiger partial charge in [0.15, 0.2) is 0 Å². The lowest BCUT2D eigenvalue weighted by Crippen LogP contribution is -2.27. The maximum Gasteiger partial charge on any atom is 0.427 e. The maximum absolute atomic E-state index is 10.8. The summed E-state index contributed by atoms with van der Waals surface area (Å²) in [5.41, 5.74) is 3.83.